The SMILES string of the molecule is CC(C)(C)OC(=O)N1[C@@H]2C[C@@H]2C[C@H]1c1ncc(-c2ccc(-c3cccc4c(-c5cnc([C@@H]6C[C@H]7C[C@H]7N6C(=O)OC(C)(C)C)[nH]5)cccc34)cc2)[nH]1.[HH]. The number of benzene rings is 3. The Kier molecular flexibility index (Phi) is 7.37. The first-order valence-electron chi connectivity index (χ1n) is 18.6. The number of carbonyl (C=O) groups excluding carboxylic acids is 2. The second-order valence-corrected chi connectivity index (χ2v) is 17.1. The Balaban J connectivity index is 0.00000400. The number of nitrogens with one attached hydrogen (secondary N) is 2. The fourth-order valence-corrected chi connectivity index (χ4v) is 8.48. The third-order valence-corrected chi connectivity index (χ3v) is 11.0. The Morgan fingerprint density at radius 2 is 1.10 bits per heavy atom. The number of aromatic nitrogens is 4. The standard InChI is InChI=1S/C42H46N6O4.H2/c1-41(2,3)51-39(49)47-33-17-25(33)19-35(47)37-43-21-31(45-37)24-15-13-23(14-16-24)27-9-7-11-29-28(27)10-8-12-30(29)32-22-44-38(46-32)36-20-26-18-34(26)48(36)40(50)52-42(4,5)6;/h7-16,21-22,25-26,33-36H,17-20H2,1-6H3,(H,43,45)(H,44,46);1H/t25-,26-,33-,34-,35+,36+;/m1./s1. The highest BCUT2D eigenvalue weighted by Crippen LogP contribution is 2.54. The maximum Gasteiger partial charge on any atom is 0.411 e. The first kappa shape index (κ1) is 32.8. The maximum absolute atomic E-state index is 13.2. The van der Waals surface area contributed by atoms with Crippen molar-refractivity contribution >= 4 is 23.0 Å². The summed E-state index contributed by atoms with van der Waals surface area (Å²) in [5.41, 5.74) is 5.12. The van der Waals surface area contributed by atoms with Crippen LogP contribution in [0.5, 0.6) is 0 Å². The number of hydrogen-bond acceptors (Lipinski definition) is 6. The van der Waals surface area contributed by atoms with Gasteiger partial charge in [-0.3, -0.25) is 9.80 Å². The van der Waals surface area contributed by atoms with E-state index in [0.29, 0.717) is 11.8 Å². The zero-order valence-corrected chi connectivity index (χ0v) is 30.6. The summed E-state index contributed by atoms with van der Waals surface area (Å²) in [5.74, 6) is 2.65. The number of carbonyl (C=O) groups is 2. The second-order valence-electron chi connectivity index (χ2n) is 17.1. The zero-order chi connectivity index (χ0) is 36.1. The minimum absolute atomic E-state index is 0. The molecule has 10 heteroatoms. The van der Waals surface area contributed by atoms with Crippen molar-refractivity contribution in [1.82, 2.24) is 29.7 Å². The summed E-state index contributed by atoms with van der Waals surface area (Å²) in [4.78, 5) is 46.7. The van der Waals surface area contributed by atoms with Gasteiger partial charge in [-0.1, -0.05) is 60.7 Å². The third kappa shape index (κ3) is 5.91. The molecule has 0 spiro atoms. The summed E-state index contributed by atoms with van der Waals surface area (Å²) < 4.78 is 11.5. The molecule has 4 heterocycles. The van der Waals surface area contributed by atoms with Crippen LogP contribution in [0, 0.1) is 11.8 Å². The highest BCUT2D eigenvalue weighted by molar-refractivity contribution is 6.04. The first-order chi connectivity index (χ1) is 24.8. The van der Waals surface area contributed by atoms with E-state index in [1.54, 1.807) is 0 Å². The van der Waals surface area contributed by atoms with E-state index in [2.05, 4.69) is 70.6 Å². The summed E-state index contributed by atoms with van der Waals surface area (Å²) in [6, 6.07) is 21.6. The number of likely N-dealkylation sites (tertiary alicyclic amines) is 2. The van der Waals surface area contributed by atoms with Gasteiger partial charge >= 0.3 is 12.2 Å². The summed E-state index contributed by atoms with van der Waals surface area (Å²) in [5, 5.41) is 2.27. The molecule has 10 nitrogen and oxygen atoms in total. The zero-order valence-electron chi connectivity index (χ0n) is 30.6. The molecule has 4 aliphatic rings. The number of imidazole rings is 2. The number of hydrogen-bond donors (Lipinski definition) is 2. The van der Waals surface area contributed by atoms with E-state index >= 15 is 0 Å². The van der Waals surface area contributed by atoms with Crippen LogP contribution in [0.3, 0.4) is 0 Å². The average molecular weight is 701 g/mol. The van der Waals surface area contributed by atoms with Crippen molar-refractivity contribution in [2.24, 2.45) is 11.8 Å². The van der Waals surface area contributed by atoms with E-state index in [0.717, 1.165) is 81.7 Å². The van der Waals surface area contributed by atoms with Gasteiger partial charge in [-0.15, -0.1) is 0 Å². The minimum Gasteiger partial charge on any atom is -0.444 e. The number of ether oxygens (including phenoxy) is 2. The molecule has 4 fully saturated rings. The molecule has 9 rings (SSSR count). The largest absolute Gasteiger partial charge is 0.444 e. The lowest BCUT2D eigenvalue weighted by atomic mass is 9.94. The van der Waals surface area contributed by atoms with E-state index < -0.39 is 11.2 Å². The Hall–Kier alpha value is -5.12. The van der Waals surface area contributed by atoms with Gasteiger partial charge in [0.1, 0.15) is 22.9 Å². The van der Waals surface area contributed by atoms with E-state index in [1.165, 1.54) is 0 Å². The molecule has 5 aromatic rings. The first-order valence-corrected chi connectivity index (χ1v) is 18.6. The molecular formula is C42H48N6O4. The van der Waals surface area contributed by atoms with Crippen LogP contribution in [0.2, 0.25) is 0 Å². The number of fused-ring (bicyclic) bond motifs is 3. The molecule has 2 saturated heterocycles. The van der Waals surface area contributed by atoms with Gasteiger partial charge < -0.3 is 19.4 Å². The lowest BCUT2D eigenvalue weighted by molar-refractivity contribution is 0.0164. The molecule has 0 unspecified atom stereocenters. The molecule has 0 bridgehead atoms. The lowest BCUT2D eigenvalue weighted by Crippen LogP contribution is -2.38. The van der Waals surface area contributed by atoms with Crippen molar-refractivity contribution in [3.8, 4) is 33.6 Å². The number of rotatable bonds is 5. The van der Waals surface area contributed by atoms with E-state index in [1.807, 2.05) is 63.7 Å². The lowest BCUT2D eigenvalue weighted by Gasteiger charge is -2.29. The van der Waals surface area contributed by atoms with Gasteiger partial charge in [0.05, 0.1) is 35.9 Å². The van der Waals surface area contributed by atoms with Gasteiger partial charge in [-0.2, -0.15) is 0 Å². The van der Waals surface area contributed by atoms with Gasteiger partial charge in [0.2, 0.25) is 0 Å². The van der Waals surface area contributed by atoms with Crippen molar-refractivity contribution in [3.63, 3.8) is 0 Å². The molecular weight excluding hydrogens is 652 g/mol. The molecule has 6 atom stereocenters. The molecule has 2 aliphatic heterocycles. The smallest absolute Gasteiger partial charge is 0.411 e. The average Bonchev–Trinajstić information content (AvgIpc) is 3.68. The third-order valence-electron chi connectivity index (χ3n) is 11.0. The molecule has 270 valence electrons. The molecule has 52 heavy (non-hydrogen) atoms. The fourth-order valence-electron chi connectivity index (χ4n) is 8.48. The van der Waals surface area contributed by atoms with Crippen LogP contribution in [0.4, 0.5) is 9.59 Å². The van der Waals surface area contributed by atoms with Crippen LogP contribution in [0.25, 0.3) is 44.4 Å². The summed E-state index contributed by atoms with van der Waals surface area (Å²) in [6.07, 6.45) is 7.13. The predicted octanol–water partition coefficient (Wildman–Crippen LogP) is 9.67. The molecule has 2 aromatic heterocycles. The molecule has 3 aromatic carbocycles. The number of H-pyrrole nitrogens is 2. The number of nitrogens with zero attached hydrogens (tertiary/aromatic N) is 4. The topological polar surface area (TPSA) is 116 Å². The Morgan fingerprint density at radius 1 is 0.635 bits per heavy atom. The number of amides is 2. The molecule has 2 amide bonds. The van der Waals surface area contributed by atoms with E-state index in [4.69, 9.17) is 19.4 Å². The van der Waals surface area contributed by atoms with Gasteiger partial charge in [-0.25, -0.2) is 19.6 Å². The normalized spacial score (nSPS) is 24.9. The highest BCUT2D eigenvalue weighted by Gasteiger charge is 2.57. The molecule has 2 aliphatic carbocycles. The summed E-state index contributed by atoms with van der Waals surface area (Å²) >= 11 is 0. The molecule has 2 saturated carbocycles. The fraction of sp³-hybridized carbons (Fsp3) is 0.429. The molecule has 2 N–H and O–H groups in total. The Morgan fingerprint density at radius 3 is 1.63 bits per heavy atom. The van der Waals surface area contributed by atoms with Crippen molar-refractivity contribution in [2.75, 3.05) is 0 Å². The van der Waals surface area contributed by atoms with Gasteiger partial charge in [0, 0.05) is 19.1 Å². The number of aromatic amines is 2. The monoisotopic (exact) mass is 700 g/mol. The minimum atomic E-state index is -0.547. The van der Waals surface area contributed by atoms with Crippen LogP contribution in [0.1, 0.15) is 92.4 Å². The Labute approximate surface area is 305 Å². The molecule has 0 radical (unpaired) electrons. The maximum atomic E-state index is 13.2. The van der Waals surface area contributed by atoms with Gasteiger partial charge in [-0.05, 0) is 107 Å². The van der Waals surface area contributed by atoms with Crippen LogP contribution in [-0.2, 0) is 9.47 Å². The number of piperidine rings is 2. The Bertz CT molecular complexity index is 2200. The van der Waals surface area contributed by atoms with E-state index in [9.17, 15) is 9.59 Å². The van der Waals surface area contributed by atoms with Gasteiger partial charge in [0.25, 0.3) is 0 Å². The van der Waals surface area contributed by atoms with Gasteiger partial charge in [0.15, 0.2) is 0 Å². The van der Waals surface area contributed by atoms with E-state index in [-0.39, 0.29) is 37.8 Å². The summed E-state index contributed by atoms with van der Waals surface area (Å²) in [7, 11) is 0. The van der Waals surface area contributed by atoms with Crippen molar-refractivity contribution in [3.05, 3.63) is 84.7 Å². The second kappa shape index (κ2) is 11.7. The van der Waals surface area contributed by atoms with Crippen LogP contribution in [-0.4, -0.2) is 65.2 Å². The van der Waals surface area contributed by atoms with Crippen LogP contribution >= 0.6 is 0 Å². The quantitative estimate of drug-likeness (QED) is 0.189. The van der Waals surface area contributed by atoms with Crippen molar-refractivity contribution in [2.45, 2.75) is 103 Å². The van der Waals surface area contributed by atoms with Crippen LogP contribution in [0.15, 0.2) is 73.1 Å². The summed E-state index contributed by atoms with van der Waals surface area (Å²) in [6.45, 7) is 11.4. The predicted molar refractivity (Wildman–Crippen MR) is 201 cm³/mol. The van der Waals surface area contributed by atoms with Crippen LogP contribution < -0.4 is 0 Å². The van der Waals surface area contributed by atoms with Crippen molar-refractivity contribution < 1.29 is 20.5 Å². The highest BCUT2D eigenvalue weighted by atomic mass is 16.6. The van der Waals surface area contributed by atoms with Crippen molar-refractivity contribution in [1.29, 1.82) is 0 Å².